The maximum Gasteiger partial charge on any atom is 0.250 e. The van der Waals surface area contributed by atoms with Crippen LogP contribution in [0.2, 0.25) is 36.3 Å². The van der Waals surface area contributed by atoms with Crippen LogP contribution in [0.3, 0.4) is 0 Å². The lowest BCUT2D eigenvalue weighted by atomic mass is 9.97. The molecule has 3 rings (SSSR count). The highest BCUT2D eigenvalue weighted by Gasteiger charge is 2.42. The van der Waals surface area contributed by atoms with Gasteiger partial charge in [-0.25, -0.2) is 0 Å². The van der Waals surface area contributed by atoms with Crippen LogP contribution in [0.5, 0.6) is 11.5 Å². The summed E-state index contributed by atoms with van der Waals surface area (Å²) in [4.78, 5) is 0. The fourth-order valence-electron chi connectivity index (χ4n) is 4.06. The van der Waals surface area contributed by atoms with Crippen LogP contribution in [0, 0.1) is 0 Å². The molecule has 1 unspecified atom stereocenters. The molecule has 218 valence electrons. The zero-order valence-electron chi connectivity index (χ0n) is 27.3. The largest absolute Gasteiger partial charge is 0.543 e. The third-order valence-corrected chi connectivity index (χ3v) is 17.6. The van der Waals surface area contributed by atoms with E-state index >= 15 is 0 Å². The van der Waals surface area contributed by atoms with Gasteiger partial charge in [0, 0.05) is 11.1 Å². The summed E-state index contributed by atoms with van der Waals surface area (Å²) in [6, 6.07) is 4.43. The van der Waals surface area contributed by atoms with Gasteiger partial charge in [-0.1, -0.05) is 89.1 Å². The summed E-state index contributed by atoms with van der Waals surface area (Å²) < 4.78 is 20.3. The minimum absolute atomic E-state index is 0.0753. The van der Waals surface area contributed by atoms with Crippen LogP contribution in [-0.4, -0.2) is 23.7 Å². The third-order valence-electron chi connectivity index (χ3n) is 8.78. The van der Waals surface area contributed by atoms with Crippen molar-refractivity contribution in [3.05, 3.63) is 70.9 Å². The Morgan fingerprint density at radius 2 is 1.49 bits per heavy atom. The molecule has 2 bridgehead atoms. The van der Waals surface area contributed by atoms with E-state index in [-0.39, 0.29) is 16.2 Å². The normalized spacial score (nSPS) is 22.1. The maximum atomic E-state index is 7.17. The topological polar surface area (TPSA) is 27.7 Å². The average molecular weight is 569 g/mol. The first-order valence-electron chi connectivity index (χ1n) is 14.5. The Kier molecular flexibility index (Phi) is 10.9. The summed E-state index contributed by atoms with van der Waals surface area (Å²) >= 11 is 0. The highest BCUT2D eigenvalue weighted by molar-refractivity contribution is 6.75. The molecule has 0 N–H and O–H groups in total. The van der Waals surface area contributed by atoms with Gasteiger partial charge in [0.2, 0.25) is 8.32 Å². The van der Waals surface area contributed by atoms with Gasteiger partial charge in [0.25, 0.3) is 0 Å². The van der Waals surface area contributed by atoms with Crippen LogP contribution >= 0.6 is 0 Å². The van der Waals surface area contributed by atoms with Crippen molar-refractivity contribution in [3.63, 3.8) is 0 Å². The summed E-state index contributed by atoms with van der Waals surface area (Å²) in [6.45, 7) is 31.7. The zero-order valence-corrected chi connectivity index (χ0v) is 29.3. The fourth-order valence-corrected chi connectivity index (χ4v) is 6.28. The smallest absolute Gasteiger partial charge is 0.250 e. The Balaban J connectivity index is 2.86. The maximum absolute atomic E-state index is 7.17. The monoisotopic (exact) mass is 568 g/mol. The van der Waals surface area contributed by atoms with E-state index in [1.54, 1.807) is 7.11 Å². The molecule has 0 aromatic heterocycles. The molecule has 1 aromatic rings. The molecule has 0 heterocycles. The van der Waals surface area contributed by atoms with Crippen molar-refractivity contribution < 1.29 is 13.6 Å². The summed E-state index contributed by atoms with van der Waals surface area (Å²) in [6.07, 6.45) is 12.5. The van der Waals surface area contributed by atoms with E-state index in [4.69, 9.17) is 13.6 Å². The Bertz CT molecular complexity index is 1110. The quantitative estimate of drug-likeness (QED) is 0.261. The van der Waals surface area contributed by atoms with Gasteiger partial charge < -0.3 is 13.6 Å². The lowest BCUT2D eigenvalue weighted by molar-refractivity contribution is 0.225. The van der Waals surface area contributed by atoms with Crippen molar-refractivity contribution in [2.24, 2.45) is 0 Å². The van der Waals surface area contributed by atoms with E-state index in [0.29, 0.717) is 0 Å². The minimum Gasteiger partial charge on any atom is -0.543 e. The van der Waals surface area contributed by atoms with E-state index < -0.39 is 16.6 Å². The van der Waals surface area contributed by atoms with Crippen LogP contribution in [-0.2, 0) is 10.8 Å². The molecule has 0 aliphatic heterocycles. The predicted molar refractivity (Wildman–Crippen MR) is 175 cm³/mol. The van der Waals surface area contributed by atoms with Gasteiger partial charge >= 0.3 is 0 Å². The molecule has 39 heavy (non-hydrogen) atoms. The first kappa shape index (κ1) is 33.4. The standard InChI is InChI=1S/C34H56O3Si2/c1-25-17-15-19-26(2)21-28-23-32(37-39(13,14)34(7,8)9)29(24-30(28)35-10)31(22-27(3)20-16-18-25)36-38(11,12)33(4,5)6/h16,18-19,22-24,31H,1,15,17,20-21H2,2-14H3/b18-16+,26-19-,27-22-. The number of benzene rings is 1. The molecule has 0 amide bonds. The average Bonchev–Trinajstić information content (AvgIpc) is 2.76. The van der Waals surface area contributed by atoms with Crippen molar-refractivity contribution in [2.45, 2.75) is 123 Å². The summed E-state index contributed by atoms with van der Waals surface area (Å²) in [5, 5.41) is 0.153. The van der Waals surface area contributed by atoms with Gasteiger partial charge in [-0.15, -0.1) is 0 Å². The molecule has 3 nitrogen and oxygen atoms in total. The van der Waals surface area contributed by atoms with Crippen LogP contribution < -0.4 is 9.16 Å². The van der Waals surface area contributed by atoms with Crippen molar-refractivity contribution in [2.75, 3.05) is 7.11 Å². The predicted octanol–water partition coefficient (Wildman–Crippen LogP) is 10.9. The lowest BCUT2D eigenvalue weighted by Crippen LogP contribution is -2.44. The van der Waals surface area contributed by atoms with Crippen LogP contribution in [0.4, 0.5) is 0 Å². The molecule has 2 aliphatic carbocycles. The second-order valence-electron chi connectivity index (χ2n) is 14.4. The Labute approximate surface area is 242 Å². The molecule has 0 fully saturated rings. The van der Waals surface area contributed by atoms with E-state index in [0.717, 1.165) is 48.3 Å². The molecular weight excluding hydrogens is 513 g/mol. The van der Waals surface area contributed by atoms with Gasteiger partial charge in [-0.3, -0.25) is 0 Å². The van der Waals surface area contributed by atoms with Crippen molar-refractivity contribution >= 4 is 16.6 Å². The SMILES string of the molecule is C=C1/C=C/C/C(C)=C\C(O[Si](C)(C)C(C)(C)C)c2cc(OC)c(cc2O[Si](C)(C)C(C)(C)C)C/C(C)=C\CC1. The third kappa shape index (κ3) is 9.09. The van der Waals surface area contributed by atoms with Gasteiger partial charge in [0.15, 0.2) is 8.32 Å². The number of ether oxygens (including phenoxy) is 1. The molecular formula is C34H56O3Si2. The van der Waals surface area contributed by atoms with Gasteiger partial charge in [0.05, 0.1) is 13.2 Å². The lowest BCUT2D eigenvalue weighted by Gasteiger charge is -2.41. The molecule has 0 radical (unpaired) electrons. The number of fused-ring (bicyclic) bond motifs is 10. The Morgan fingerprint density at radius 1 is 0.872 bits per heavy atom. The summed E-state index contributed by atoms with van der Waals surface area (Å²) in [5.41, 5.74) is 5.98. The second-order valence-corrected chi connectivity index (χ2v) is 23.9. The molecule has 0 saturated carbocycles. The molecule has 1 aromatic carbocycles. The molecule has 0 saturated heterocycles. The number of allylic oxidation sites excluding steroid dienone is 6. The van der Waals surface area contributed by atoms with Crippen molar-refractivity contribution in [1.82, 2.24) is 0 Å². The van der Waals surface area contributed by atoms with E-state index in [1.807, 2.05) is 0 Å². The fraction of sp³-hybridized carbons (Fsp3) is 0.588. The highest BCUT2D eigenvalue weighted by atomic mass is 28.4. The van der Waals surface area contributed by atoms with Gasteiger partial charge in [-0.05, 0) is 87.9 Å². The number of hydrogen-bond acceptors (Lipinski definition) is 3. The highest BCUT2D eigenvalue weighted by Crippen LogP contribution is 2.46. The van der Waals surface area contributed by atoms with Crippen LogP contribution in [0.15, 0.2) is 59.7 Å². The van der Waals surface area contributed by atoms with Crippen LogP contribution in [0.1, 0.15) is 91.9 Å². The van der Waals surface area contributed by atoms with E-state index in [2.05, 4.69) is 125 Å². The van der Waals surface area contributed by atoms with E-state index in [9.17, 15) is 0 Å². The second kappa shape index (κ2) is 12.8. The number of rotatable bonds is 5. The minimum atomic E-state index is -2.12. The summed E-state index contributed by atoms with van der Waals surface area (Å²) in [5.74, 6) is 1.83. The molecule has 5 heteroatoms. The van der Waals surface area contributed by atoms with Crippen molar-refractivity contribution in [1.29, 1.82) is 0 Å². The van der Waals surface area contributed by atoms with Gasteiger partial charge in [-0.2, -0.15) is 0 Å². The molecule has 0 spiro atoms. The molecule has 2 aliphatic rings. The Hall–Kier alpha value is -1.83. The number of hydrogen-bond donors (Lipinski definition) is 0. The van der Waals surface area contributed by atoms with Gasteiger partial charge in [0.1, 0.15) is 11.5 Å². The zero-order chi connectivity index (χ0) is 29.8. The molecule has 1 atom stereocenters. The first-order chi connectivity index (χ1) is 17.8. The van der Waals surface area contributed by atoms with Crippen LogP contribution in [0.25, 0.3) is 0 Å². The summed E-state index contributed by atoms with van der Waals surface area (Å²) in [7, 11) is -2.47. The van der Waals surface area contributed by atoms with E-state index in [1.165, 1.54) is 16.7 Å². The van der Waals surface area contributed by atoms with Crippen molar-refractivity contribution in [3.8, 4) is 11.5 Å². The number of methoxy groups -OCH3 is 1. The Morgan fingerprint density at radius 3 is 2.05 bits per heavy atom. The first-order valence-corrected chi connectivity index (χ1v) is 20.3.